The molecule has 2 N–H and O–H groups in total. The number of hydroxylamine groups is 2. The Balaban J connectivity index is 1.59. The molecule has 3 rings (SSSR count). The largest absolute Gasteiger partial charge is 0.481 e. The Morgan fingerprint density at radius 3 is 2.85 bits per heavy atom. The molecule has 2 unspecified atom stereocenters. The van der Waals surface area contributed by atoms with E-state index in [1.807, 2.05) is 0 Å². The summed E-state index contributed by atoms with van der Waals surface area (Å²) in [5, 5.41) is 17.3. The third kappa shape index (κ3) is 4.28. The molecular weight excluding hydrogens is 370 g/mol. The van der Waals surface area contributed by atoms with Crippen LogP contribution in [0.15, 0.2) is 6.20 Å². The summed E-state index contributed by atoms with van der Waals surface area (Å²) < 4.78 is 36.5. The van der Waals surface area contributed by atoms with Gasteiger partial charge in [-0.1, -0.05) is 5.21 Å². The molecule has 0 radical (unpaired) electrons. The van der Waals surface area contributed by atoms with Crippen molar-refractivity contribution in [2.24, 2.45) is 0 Å². The summed E-state index contributed by atoms with van der Waals surface area (Å²) in [4.78, 5) is 24.3. The average Bonchev–Trinajstić information content (AvgIpc) is 3.07. The van der Waals surface area contributed by atoms with E-state index >= 15 is 0 Å². The summed E-state index contributed by atoms with van der Waals surface area (Å²) in [6.45, 7) is 0.684. The summed E-state index contributed by atoms with van der Waals surface area (Å²) in [7, 11) is -4.76. The summed E-state index contributed by atoms with van der Waals surface area (Å²) in [6, 6.07) is -1.25. The summed E-state index contributed by atoms with van der Waals surface area (Å²) in [6.07, 6.45) is 3.88. The number of piperidine rings is 1. The maximum Gasteiger partial charge on any atom is 0.418 e. The zero-order valence-corrected chi connectivity index (χ0v) is 14.6. The number of amides is 2. The molecule has 1 aromatic heterocycles. The second-order valence-corrected chi connectivity index (χ2v) is 7.33. The van der Waals surface area contributed by atoms with Crippen LogP contribution in [-0.2, 0) is 32.4 Å². The molecule has 0 aromatic carbocycles. The smallest absolute Gasteiger partial charge is 0.418 e. The number of nitrogens with zero attached hydrogens (tertiary/aromatic N) is 5. The number of hydrogen-bond donors (Lipinski definition) is 2. The molecule has 2 aliphatic heterocycles. The van der Waals surface area contributed by atoms with Crippen molar-refractivity contribution >= 4 is 22.4 Å². The predicted molar refractivity (Wildman–Crippen MR) is 84.0 cm³/mol. The second-order valence-electron chi connectivity index (χ2n) is 6.33. The second kappa shape index (κ2) is 7.17. The third-order valence-corrected chi connectivity index (χ3v) is 4.78. The van der Waals surface area contributed by atoms with Crippen LogP contribution in [0.4, 0.5) is 4.79 Å². The first-order valence-electron chi connectivity index (χ1n) is 8.10. The van der Waals surface area contributed by atoms with E-state index < -0.39 is 28.4 Å². The van der Waals surface area contributed by atoms with Crippen molar-refractivity contribution in [3.8, 4) is 0 Å². The molecule has 2 fully saturated rings. The number of carbonyl (C=O) groups is 2. The van der Waals surface area contributed by atoms with Gasteiger partial charge in [0.2, 0.25) is 0 Å². The van der Waals surface area contributed by atoms with Crippen LogP contribution in [0.3, 0.4) is 0 Å². The van der Waals surface area contributed by atoms with Crippen molar-refractivity contribution in [3.63, 3.8) is 0 Å². The molecule has 144 valence electrons. The predicted octanol–water partition coefficient (Wildman–Crippen LogP) is -0.312. The molecule has 2 amide bonds. The number of aryl methyl sites for hydroxylation is 1. The van der Waals surface area contributed by atoms with Crippen LogP contribution in [-0.4, -0.2) is 73.7 Å². The molecule has 0 aliphatic carbocycles. The summed E-state index contributed by atoms with van der Waals surface area (Å²) in [5.74, 6) is -0.863. The minimum absolute atomic E-state index is 0.0583. The fourth-order valence-corrected chi connectivity index (χ4v) is 3.67. The van der Waals surface area contributed by atoms with Crippen LogP contribution >= 0.6 is 0 Å². The molecule has 2 aliphatic rings. The first-order valence-corrected chi connectivity index (χ1v) is 9.47. The van der Waals surface area contributed by atoms with Crippen LogP contribution in [0.2, 0.25) is 0 Å². The Bertz CT molecular complexity index is 795. The van der Waals surface area contributed by atoms with Gasteiger partial charge in [0.05, 0.1) is 24.3 Å². The number of aliphatic carboxylic acids is 1. The number of carboxylic acid groups (broad SMARTS) is 1. The first-order chi connectivity index (χ1) is 12.2. The molecule has 26 heavy (non-hydrogen) atoms. The molecular formula is C13H19N5O7S. The molecule has 0 saturated carbocycles. The minimum atomic E-state index is -4.76. The number of hydrogen-bond acceptors (Lipinski definition) is 7. The molecule has 1 aromatic rings. The summed E-state index contributed by atoms with van der Waals surface area (Å²) >= 11 is 0. The van der Waals surface area contributed by atoms with Crippen LogP contribution in [0, 0.1) is 0 Å². The average molecular weight is 389 g/mol. The number of urea groups is 1. The SMILES string of the molecule is O=C(O)CCCc1cn(CC2CCC3CN2C(=O)N3OS(=O)(=O)O)nn1. The van der Waals surface area contributed by atoms with Gasteiger partial charge >= 0.3 is 22.4 Å². The zero-order chi connectivity index (χ0) is 18.9. The van der Waals surface area contributed by atoms with Crippen LogP contribution < -0.4 is 0 Å². The number of rotatable bonds is 8. The first kappa shape index (κ1) is 18.5. The normalized spacial score (nSPS) is 22.9. The molecule has 3 heterocycles. The van der Waals surface area contributed by atoms with E-state index in [0.717, 1.165) is 0 Å². The fourth-order valence-electron chi connectivity index (χ4n) is 3.28. The van der Waals surface area contributed by atoms with E-state index in [4.69, 9.17) is 9.66 Å². The van der Waals surface area contributed by atoms with Gasteiger partial charge < -0.3 is 10.0 Å². The van der Waals surface area contributed by atoms with Gasteiger partial charge in [-0.2, -0.15) is 13.5 Å². The number of fused-ring (bicyclic) bond motifs is 2. The van der Waals surface area contributed by atoms with Gasteiger partial charge in [-0.15, -0.1) is 9.38 Å². The van der Waals surface area contributed by atoms with Crippen molar-refractivity contribution in [1.82, 2.24) is 25.0 Å². The summed E-state index contributed by atoms with van der Waals surface area (Å²) in [5.41, 5.74) is 0.670. The van der Waals surface area contributed by atoms with Gasteiger partial charge in [-0.3, -0.25) is 14.0 Å². The highest BCUT2D eigenvalue weighted by Gasteiger charge is 2.47. The van der Waals surface area contributed by atoms with Crippen LogP contribution in [0.1, 0.15) is 31.4 Å². The highest BCUT2D eigenvalue weighted by atomic mass is 32.3. The maximum absolute atomic E-state index is 12.3. The Kier molecular flexibility index (Phi) is 5.11. The van der Waals surface area contributed by atoms with Crippen molar-refractivity contribution in [2.45, 2.75) is 50.7 Å². The lowest BCUT2D eigenvalue weighted by Crippen LogP contribution is -2.42. The minimum Gasteiger partial charge on any atom is -0.481 e. The van der Waals surface area contributed by atoms with Gasteiger partial charge in [-0.25, -0.2) is 4.79 Å². The number of carbonyl (C=O) groups excluding carboxylic acids is 1. The topological polar surface area (TPSA) is 155 Å². The monoisotopic (exact) mass is 389 g/mol. The molecule has 2 atom stereocenters. The number of carboxylic acids is 1. The van der Waals surface area contributed by atoms with Gasteiger partial charge in [-0.05, 0) is 25.7 Å². The Labute approximate surface area is 149 Å². The fraction of sp³-hybridized carbons (Fsp3) is 0.692. The van der Waals surface area contributed by atoms with E-state index in [-0.39, 0.29) is 12.5 Å². The maximum atomic E-state index is 12.3. The van der Waals surface area contributed by atoms with E-state index in [1.54, 1.807) is 10.9 Å². The quantitative estimate of drug-likeness (QED) is 0.569. The third-order valence-electron chi connectivity index (χ3n) is 4.43. The van der Waals surface area contributed by atoms with Gasteiger partial charge in [0.15, 0.2) is 0 Å². The molecule has 0 spiro atoms. The van der Waals surface area contributed by atoms with Crippen LogP contribution in [0.5, 0.6) is 0 Å². The van der Waals surface area contributed by atoms with Gasteiger partial charge in [0, 0.05) is 19.2 Å². The van der Waals surface area contributed by atoms with Gasteiger partial charge in [0.1, 0.15) is 0 Å². The number of aromatic nitrogens is 3. The van der Waals surface area contributed by atoms with E-state index in [0.29, 0.717) is 49.5 Å². The lowest BCUT2D eigenvalue weighted by atomic mass is 10.0. The molecule has 12 nitrogen and oxygen atoms in total. The Morgan fingerprint density at radius 1 is 1.38 bits per heavy atom. The van der Waals surface area contributed by atoms with Crippen LogP contribution in [0.25, 0.3) is 0 Å². The van der Waals surface area contributed by atoms with E-state index in [9.17, 15) is 18.0 Å². The molecule has 2 saturated heterocycles. The van der Waals surface area contributed by atoms with Crippen molar-refractivity contribution in [2.75, 3.05) is 6.54 Å². The highest BCUT2D eigenvalue weighted by Crippen LogP contribution is 2.31. The van der Waals surface area contributed by atoms with E-state index in [1.165, 1.54) is 4.90 Å². The van der Waals surface area contributed by atoms with Crippen molar-refractivity contribution < 1.29 is 31.9 Å². The van der Waals surface area contributed by atoms with E-state index in [2.05, 4.69) is 14.6 Å². The highest BCUT2D eigenvalue weighted by molar-refractivity contribution is 7.80. The molecule has 13 heteroatoms. The van der Waals surface area contributed by atoms with Crippen molar-refractivity contribution in [3.05, 3.63) is 11.9 Å². The van der Waals surface area contributed by atoms with Gasteiger partial charge in [0.25, 0.3) is 0 Å². The Hall–Kier alpha value is -2.25. The lowest BCUT2D eigenvalue weighted by molar-refractivity contribution is -0.137. The zero-order valence-electron chi connectivity index (χ0n) is 13.8. The van der Waals surface area contributed by atoms with Crippen molar-refractivity contribution in [1.29, 1.82) is 0 Å². The lowest BCUT2D eigenvalue weighted by Gasteiger charge is -2.30. The standard InChI is InChI=1S/C13H19N5O7S/c19-12(20)3-1-2-9-6-16(15-14-9)7-10-4-5-11-8-17(10)13(21)18(11)25-26(22,23)24/h6,10-11H,1-5,7-8H2,(H,19,20)(H,22,23,24). The Morgan fingerprint density at radius 2 is 2.15 bits per heavy atom. The molecule has 2 bridgehead atoms.